The minimum absolute atomic E-state index is 0.00476. The van der Waals surface area contributed by atoms with Crippen molar-refractivity contribution in [3.05, 3.63) is 78.1 Å². The van der Waals surface area contributed by atoms with Crippen LogP contribution in [0.4, 0.5) is 4.39 Å². The lowest BCUT2D eigenvalue weighted by Crippen LogP contribution is -2.54. The fourth-order valence-electron chi connectivity index (χ4n) is 8.62. The largest absolute Gasteiger partial charge is 0.383 e. The molecule has 254 valence electrons. The monoisotopic (exact) mass is 666 g/mol. The standard InChI is InChI=1S/C36H47FN4O5S/c1-3-17-40(34(42)18-25-11-15-33(16-12-25)47(45,46)38-2)32-20-30-13-14-31(21-32)41(30)23-28-22-39(35(43)26-7-4-5-8-26)24-36(28,44)27-9-6-10-29(37)19-27/h3,6,9-12,15-16,19,26,28,30-32,38,44H,1,4-5,7-8,13-14,17-18,20-24H2,2H3/t28-,30?,31?,32?,36+/m1/s1. The van der Waals surface area contributed by atoms with Gasteiger partial charge in [0.25, 0.3) is 0 Å². The van der Waals surface area contributed by atoms with Crippen LogP contribution < -0.4 is 4.72 Å². The normalized spacial score (nSPS) is 28.1. The number of nitrogens with one attached hydrogen (secondary N) is 1. The van der Waals surface area contributed by atoms with Gasteiger partial charge in [0.05, 0.1) is 17.9 Å². The van der Waals surface area contributed by atoms with E-state index in [-0.39, 0.29) is 59.6 Å². The Morgan fingerprint density at radius 2 is 1.77 bits per heavy atom. The van der Waals surface area contributed by atoms with Crippen molar-refractivity contribution in [3.8, 4) is 0 Å². The molecule has 4 aliphatic rings. The van der Waals surface area contributed by atoms with E-state index in [2.05, 4.69) is 16.2 Å². The molecule has 3 heterocycles. The number of piperidine rings is 1. The number of likely N-dealkylation sites (tertiary alicyclic amines) is 1. The second-order valence-corrected chi connectivity index (χ2v) is 15.8. The first-order chi connectivity index (χ1) is 22.5. The van der Waals surface area contributed by atoms with Gasteiger partial charge in [-0.25, -0.2) is 17.5 Å². The average Bonchev–Trinajstić information content (AvgIpc) is 3.77. The van der Waals surface area contributed by atoms with E-state index in [1.54, 1.807) is 30.3 Å². The molecule has 2 aromatic rings. The molecule has 11 heteroatoms. The Balaban J connectivity index is 1.16. The first kappa shape index (κ1) is 33.8. The van der Waals surface area contributed by atoms with Crippen molar-refractivity contribution in [1.82, 2.24) is 19.4 Å². The third-order valence-corrected chi connectivity index (χ3v) is 12.6. The van der Waals surface area contributed by atoms with E-state index in [1.165, 1.54) is 31.3 Å². The van der Waals surface area contributed by atoms with Gasteiger partial charge in [-0.05, 0) is 81.0 Å². The van der Waals surface area contributed by atoms with Gasteiger partial charge in [0.2, 0.25) is 21.8 Å². The van der Waals surface area contributed by atoms with Crippen LogP contribution in [0.2, 0.25) is 0 Å². The number of β-amino-alcohol motifs (C(OH)–C–C–N with tert-alkyl or cyclic N) is 1. The highest BCUT2D eigenvalue weighted by atomic mass is 32.2. The molecule has 6 rings (SSSR count). The number of amides is 2. The molecule has 2 aromatic carbocycles. The molecule has 4 atom stereocenters. The minimum atomic E-state index is -3.56. The van der Waals surface area contributed by atoms with Crippen LogP contribution in [-0.4, -0.2) is 91.4 Å². The molecule has 2 amide bonds. The van der Waals surface area contributed by atoms with Crippen LogP contribution in [0.1, 0.15) is 62.5 Å². The third-order valence-electron chi connectivity index (χ3n) is 11.1. The molecule has 0 spiro atoms. The van der Waals surface area contributed by atoms with Gasteiger partial charge < -0.3 is 14.9 Å². The van der Waals surface area contributed by atoms with Gasteiger partial charge in [0.1, 0.15) is 11.4 Å². The summed E-state index contributed by atoms with van der Waals surface area (Å²) in [5.74, 6) is -0.579. The Morgan fingerprint density at radius 1 is 1.09 bits per heavy atom. The molecular weight excluding hydrogens is 619 g/mol. The molecule has 2 bridgehead atoms. The maximum absolute atomic E-state index is 14.4. The van der Waals surface area contributed by atoms with Gasteiger partial charge in [-0.15, -0.1) is 6.58 Å². The Bertz CT molecular complexity index is 1570. The highest BCUT2D eigenvalue weighted by Crippen LogP contribution is 2.44. The molecule has 4 fully saturated rings. The van der Waals surface area contributed by atoms with Crippen molar-refractivity contribution < 1.29 is 27.5 Å². The van der Waals surface area contributed by atoms with E-state index in [0.29, 0.717) is 25.2 Å². The molecule has 0 radical (unpaired) electrons. The zero-order valence-electron chi connectivity index (χ0n) is 27.2. The zero-order valence-corrected chi connectivity index (χ0v) is 28.0. The second-order valence-electron chi connectivity index (χ2n) is 13.9. The Kier molecular flexibility index (Phi) is 9.90. The second kappa shape index (κ2) is 13.8. The lowest BCUT2D eigenvalue weighted by Gasteiger charge is -2.45. The van der Waals surface area contributed by atoms with Crippen LogP contribution in [0.15, 0.2) is 66.1 Å². The first-order valence-electron chi connectivity index (χ1n) is 17.0. The number of hydrogen-bond donors (Lipinski definition) is 2. The smallest absolute Gasteiger partial charge is 0.240 e. The number of benzene rings is 2. The maximum atomic E-state index is 14.4. The number of carbonyl (C=O) groups excluding carboxylic acids is 2. The van der Waals surface area contributed by atoms with E-state index < -0.39 is 21.4 Å². The molecule has 0 aromatic heterocycles. The Labute approximate surface area is 277 Å². The van der Waals surface area contributed by atoms with Crippen LogP contribution >= 0.6 is 0 Å². The average molecular weight is 667 g/mol. The lowest BCUT2D eigenvalue weighted by atomic mass is 9.82. The van der Waals surface area contributed by atoms with Crippen molar-refractivity contribution >= 4 is 21.8 Å². The molecule has 1 saturated carbocycles. The zero-order chi connectivity index (χ0) is 33.3. The molecule has 47 heavy (non-hydrogen) atoms. The number of aliphatic hydroxyl groups is 1. The molecular formula is C36H47FN4O5S. The van der Waals surface area contributed by atoms with Crippen molar-refractivity contribution in [2.75, 3.05) is 33.2 Å². The summed E-state index contributed by atoms with van der Waals surface area (Å²) in [5, 5.41) is 12.2. The van der Waals surface area contributed by atoms with E-state index in [0.717, 1.165) is 56.9 Å². The van der Waals surface area contributed by atoms with Crippen molar-refractivity contribution in [2.24, 2.45) is 11.8 Å². The summed E-state index contributed by atoms with van der Waals surface area (Å²) in [4.78, 5) is 33.5. The fourth-order valence-corrected chi connectivity index (χ4v) is 9.35. The SMILES string of the molecule is C=CCN(C(=O)Cc1ccc(S(=O)(=O)NC)cc1)C1CC2CCC(C1)N2C[C@H]1CN(C(=O)C2CCCC2)C[C@]1(O)c1cccc(F)c1. The lowest BCUT2D eigenvalue weighted by molar-refractivity contribution is -0.135. The minimum Gasteiger partial charge on any atom is -0.383 e. The molecule has 2 unspecified atom stereocenters. The number of hydrogen-bond acceptors (Lipinski definition) is 6. The van der Waals surface area contributed by atoms with Gasteiger partial charge in [-0.2, -0.15) is 0 Å². The molecule has 1 aliphatic carbocycles. The van der Waals surface area contributed by atoms with Gasteiger partial charge in [-0.1, -0.05) is 43.2 Å². The summed E-state index contributed by atoms with van der Waals surface area (Å²) in [6.07, 6.45) is 9.38. The van der Waals surface area contributed by atoms with Crippen LogP contribution in [0.3, 0.4) is 0 Å². The summed E-state index contributed by atoms with van der Waals surface area (Å²) >= 11 is 0. The van der Waals surface area contributed by atoms with Crippen LogP contribution in [-0.2, 0) is 31.6 Å². The van der Waals surface area contributed by atoms with Gasteiger partial charge in [0.15, 0.2) is 0 Å². The number of fused-ring (bicyclic) bond motifs is 2. The molecule has 3 aliphatic heterocycles. The van der Waals surface area contributed by atoms with E-state index in [9.17, 15) is 27.5 Å². The number of rotatable bonds is 11. The topological polar surface area (TPSA) is 110 Å². The predicted molar refractivity (Wildman–Crippen MR) is 177 cm³/mol. The van der Waals surface area contributed by atoms with E-state index in [4.69, 9.17) is 0 Å². The summed E-state index contributed by atoms with van der Waals surface area (Å²) in [5.41, 5.74) is -0.0839. The molecule has 9 nitrogen and oxygen atoms in total. The Morgan fingerprint density at radius 3 is 2.38 bits per heavy atom. The fraction of sp³-hybridized carbons (Fsp3) is 0.556. The molecule has 3 saturated heterocycles. The summed E-state index contributed by atoms with van der Waals surface area (Å²) in [7, 11) is -2.19. The van der Waals surface area contributed by atoms with Gasteiger partial charge in [0, 0.05) is 49.6 Å². The van der Waals surface area contributed by atoms with E-state index in [1.807, 2.05) is 9.80 Å². The van der Waals surface area contributed by atoms with Gasteiger partial charge >= 0.3 is 0 Å². The summed E-state index contributed by atoms with van der Waals surface area (Å²) < 4.78 is 40.9. The highest BCUT2D eigenvalue weighted by molar-refractivity contribution is 7.89. The number of halogens is 1. The third kappa shape index (κ3) is 6.90. The first-order valence-corrected chi connectivity index (χ1v) is 18.5. The number of sulfonamides is 1. The van der Waals surface area contributed by atoms with Crippen molar-refractivity contribution in [2.45, 2.75) is 86.4 Å². The van der Waals surface area contributed by atoms with E-state index >= 15 is 0 Å². The maximum Gasteiger partial charge on any atom is 0.240 e. The number of nitrogens with zero attached hydrogens (tertiary/aromatic N) is 3. The summed E-state index contributed by atoms with van der Waals surface area (Å²) in [6, 6.07) is 13.1. The highest BCUT2D eigenvalue weighted by Gasteiger charge is 2.52. The predicted octanol–water partition coefficient (Wildman–Crippen LogP) is 3.82. The van der Waals surface area contributed by atoms with Crippen LogP contribution in [0, 0.1) is 17.7 Å². The van der Waals surface area contributed by atoms with Gasteiger partial charge in [-0.3, -0.25) is 14.5 Å². The summed E-state index contributed by atoms with van der Waals surface area (Å²) in [6.45, 7) is 5.54. The Hall–Kier alpha value is -3.12. The van der Waals surface area contributed by atoms with Crippen molar-refractivity contribution in [1.29, 1.82) is 0 Å². The van der Waals surface area contributed by atoms with Crippen molar-refractivity contribution in [3.63, 3.8) is 0 Å². The van der Waals surface area contributed by atoms with Crippen LogP contribution in [0.5, 0.6) is 0 Å². The molecule has 2 N–H and O–H groups in total. The number of carbonyl (C=O) groups is 2. The quantitative estimate of drug-likeness (QED) is 0.353. The van der Waals surface area contributed by atoms with Crippen LogP contribution in [0.25, 0.3) is 0 Å².